The van der Waals surface area contributed by atoms with Crippen LogP contribution >= 0.6 is 34.5 Å². The highest BCUT2D eigenvalue weighted by Gasteiger charge is 2.15. The Balaban J connectivity index is 2.17. The number of aromatic nitrogens is 1. The van der Waals surface area contributed by atoms with Gasteiger partial charge in [0, 0.05) is 17.5 Å². The molecule has 0 radical (unpaired) electrons. The summed E-state index contributed by atoms with van der Waals surface area (Å²) in [6.07, 6.45) is 0. The molecular weight excluding hydrogens is 287 g/mol. The number of benzene rings is 1. The molecule has 1 atom stereocenters. The van der Waals surface area contributed by atoms with Crippen LogP contribution in [0.1, 0.15) is 24.2 Å². The van der Waals surface area contributed by atoms with Gasteiger partial charge in [-0.25, -0.2) is 4.98 Å². The quantitative estimate of drug-likeness (QED) is 0.759. The number of nitrogens with zero attached hydrogens (tertiary/aromatic N) is 2. The molecule has 0 aliphatic rings. The van der Waals surface area contributed by atoms with Crippen LogP contribution in [-0.4, -0.2) is 12.0 Å². The van der Waals surface area contributed by atoms with Gasteiger partial charge in [0.15, 0.2) is 5.13 Å². The van der Waals surface area contributed by atoms with Gasteiger partial charge in [0.05, 0.1) is 17.6 Å². The predicted molar refractivity (Wildman–Crippen MR) is 79.9 cm³/mol. The third-order valence-electron chi connectivity index (χ3n) is 2.91. The van der Waals surface area contributed by atoms with Crippen molar-refractivity contribution in [2.75, 3.05) is 11.9 Å². The summed E-state index contributed by atoms with van der Waals surface area (Å²) >= 11 is 13.3. The maximum absolute atomic E-state index is 5.90. The average Bonchev–Trinajstić information content (AvgIpc) is 2.86. The first kappa shape index (κ1) is 13.7. The topological polar surface area (TPSA) is 16.1 Å². The normalized spacial score (nSPS) is 12.4. The van der Waals surface area contributed by atoms with E-state index >= 15 is 0 Å². The van der Waals surface area contributed by atoms with Crippen LogP contribution in [0.2, 0.25) is 5.02 Å². The molecule has 2 aromatic rings. The summed E-state index contributed by atoms with van der Waals surface area (Å²) in [5.41, 5.74) is 2.14. The van der Waals surface area contributed by atoms with E-state index in [1.54, 1.807) is 11.3 Å². The van der Waals surface area contributed by atoms with E-state index in [0.717, 1.165) is 15.8 Å². The molecule has 2 nitrogen and oxygen atoms in total. The largest absolute Gasteiger partial charge is 0.344 e. The Morgan fingerprint density at radius 1 is 1.33 bits per heavy atom. The Bertz CT molecular complexity index is 510. The first-order valence-corrected chi connectivity index (χ1v) is 7.39. The van der Waals surface area contributed by atoms with Crippen LogP contribution in [0.3, 0.4) is 0 Å². The molecule has 1 aromatic heterocycles. The van der Waals surface area contributed by atoms with Crippen LogP contribution in [0, 0.1) is 0 Å². The molecule has 0 spiro atoms. The monoisotopic (exact) mass is 300 g/mol. The summed E-state index contributed by atoms with van der Waals surface area (Å²) < 4.78 is 0. The lowest BCUT2D eigenvalue weighted by molar-refractivity contribution is 0.736. The van der Waals surface area contributed by atoms with Crippen molar-refractivity contribution in [1.82, 2.24) is 4.98 Å². The fourth-order valence-electron chi connectivity index (χ4n) is 1.65. The van der Waals surface area contributed by atoms with E-state index < -0.39 is 0 Å². The van der Waals surface area contributed by atoms with Crippen LogP contribution in [0.25, 0.3) is 0 Å². The van der Waals surface area contributed by atoms with Gasteiger partial charge in [0.2, 0.25) is 0 Å². The number of hydrogen-bond donors (Lipinski definition) is 0. The molecule has 0 saturated carbocycles. The lowest BCUT2D eigenvalue weighted by Gasteiger charge is -2.24. The van der Waals surface area contributed by atoms with Crippen LogP contribution in [0.15, 0.2) is 29.6 Å². The van der Waals surface area contributed by atoms with E-state index in [9.17, 15) is 0 Å². The molecular formula is C13H14Cl2N2S. The molecule has 0 amide bonds. The molecule has 96 valence electrons. The van der Waals surface area contributed by atoms with Crippen molar-refractivity contribution >= 4 is 39.7 Å². The van der Waals surface area contributed by atoms with Crippen molar-refractivity contribution < 1.29 is 0 Å². The van der Waals surface area contributed by atoms with Gasteiger partial charge in [-0.05, 0) is 24.6 Å². The number of rotatable bonds is 4. The molecule has 0 bridgehead atoms. The van der Waals surface area contributed by atoms with Gasteiger partial charge in [-0.15, -0.1) is 22.9 Å². The van der Waals surface area contributed by atoms with E-state index in [-0.39, 0.29) is 6.04 Å². The lowest BCUT2D eigenvalue weighted by atomic mass is 10.1. The van der Waals surface area contributed by atoms with Crippen LogP contribution in [0.5, 0.6) is 0 Å². The highest BCUT2D eigenvalue weighted by atomic mass is 35.5. The number of halogens is 2. The van der Waals surface area contributed by atoms with Crippen molar-refractivity contribution in [2.45, 2.75) is 18.8 Å². The van der Waals surface area contributed by atoms with Crippen LogP contribution in [0.4, 0.5) is 5.13 Å². The number of thiazole rings is 1. The Kier molecular flexibility index (Phi) is 4.49. The summed E-state index contributed by atoms with van der Waals surface area (Å²) in [6, 6.07) is 8.15. The number of alkyl halides is 1. The Morgan fingerprint density at radius 2 is 2.00 bits per heavy atom. The Hall–Kier alpha value is -0.770. The summed E-state index contributed by atoms with van der Waals surface area (Å²) in [4.78, 5) is 6.62. The lowest BCUT2D eigenvalue weighted by Crippen LogP contribution is -2.21. The standard InChI is InChI=1S/C13H14Cl2N2S/c1-9(10-3-5-11(15)6-4-10)17(2)13-16-12(7-14)8-18-13/h3-6,8-9H,7H2,1-2H3. The Labute approximate surface area is 121 Å². The summed E-state index contributed by atoms with van der Waals surface area (Å²) in [5.74, 6) is 0.458. The van der Waals surface area contributed by atoms with Crippen LogP contribution in [-0.2, 0) is 5.88 Å². The fraction of sp³-hybridized carbons (Fsp3) is 0.308. The molecule has 0 aliphatic heterocycles. The molecule has 5 heteroatoms. The zero-order valence-corrected chi connectivity index (χ0v) is 12.6. The molecule has 0 N–H and O–H groups in total. The maximum Gasteiger partial charge on any atom is 0.185 e. The van der Waals surface area contributed by atoms with Gasteiger partial charge in [0.1, 0.15) is 0 Å². The van der Waals surface area contributed by atoms with E-state index in [4.69, 9.17) is 23.2 Å². The van der Waals surface area contributed by atoms with Crippen molar-refractivity contribution in [3.8, 4) is 0 Å². The molecule has 0 saturated heterocycles. The van der Waals surface area contributed by atoms with E-state index in [2.05, 4.69) is 16.8 Å². The summed E-state index contributed by atoms with van der Waals surface area (Å²) in [7, 11) is 2.04. The number of anilines is 1. The van der Waals surface area contributed by atoms with Gasteiger partial charge in [-0.1, -0.05) is 23.7 Å². The van der Waals surface area contributed by atoms with Crippen molar-refractivity contribution in [3.63, 3.8) is 0 Å². The molecule has 1 aromatic carbocycles. The molecule has 1 heterocycles. The highest BCUT2D eigenvalue weighted by Crippen LogP contribution is 2.28. The smallest absolute Gasteiger partial charge is 0.185 e. The first-order chi connectivity index (χ1) is 8.61. The second-order valence-electron chi connectivity index (χ2n) is 4.09. The van der Waals surface area contributed by atoms with Gasteiger partial charge in [0.25, 0.3) is 0 Å². The van der Waals surface area contributed by atoms with Gasteiger partial charge < -0.3 is 4.90 Å². The minimum Gasteiger partial charge on any atom is -0.344 e. The highest BCUT2D eigenvalue weighted by molar-refractivity contribution is 7.13. The summed E-state index contributed by atoms with van der Waals surface area (Å²) in [5, 5.41) is 3.73. The fourth-order valence-corrected chi connectivity index (χ4v) is 2.88. The first-order valence-electron chi connectivity index (χ1n) is 5.60. The zero-order valence-electron chi connectivity index (χ0n) is 10.2. The van der Waals surface area contributed by atoms with Crippen LogP contribution < -0.4 is 4.90 Å². The third-order valence-corrected chi connectivity index (χ3v) is 4.42. The van der Waals surface area contributed by atoms with Gasteiger partial charge in [-0.3, -0.25) is 0 Å². The van der Waals surface area contributed by atoms with Gasteiger partial charge >= 0.3 is 0 Å². The van der Waals surface area contributed by atoms with E-state index in [1.165, 1.54) is 5.56 Å². The molecule has 18 heavy (non-hydrogen) atoms. The van der Waals surface area contributed by atoms with Gasteiger partial charge in [-0.2, -0.15) is 0 Å². The number of hydrogen-bond acceptors (Lipinski definition) is 3. The molecule has 2 rings (SSSR count). The zero-order chi connectivity index (χ0) is 13.1. The maximum atomic E-state index is 5.90. The van der Waals surface area contributed by atoms with E-state index in [0.29, 0.717) is 5.88 Å². The summed E-state index contributed by atoms with van der Waals surface area (Å²) in [6.45, 7) is 2.14. The third kappa shape index (κ3) is 2.97. The second kappa shape index (κ2) is 5.91. The van der Waals surface area contributed by atoms with Crippen molar-refractivity contribution in [2.24, 2.45) is 0 Å². The minimum absolute atomic E-state index is 0.247. The minimum atomic E-state index is 0.247. The second-order valence-corrected chi connectivity index (χ2v) is 5.63. The van der Waals surface area contributed by atoms with E-state index in [1.807, 2.05) is 36.7 Å². The van der Waals surface area contributed by atoms with Crippen molar-refractivity contribution in [1.29, 1.82) is 0 Å². The average molecular weight is 301 g/mol. The Morgan fingerprint density at radius 3 is 2.56 bits per heavy atom. The SMILES string of the molecule is CC(c1ccc(Cl)cc1)N(C)c1nc(CCl)cs1. The molecule has 0 fully saturated rings. The predicted octanol–water partition coefficient (Wildman–Crippen LogP) is 4.73. The molecule has 0 aliphatic carbocycles. The van der Waals surface area contributed by atoms with Crippen molar-refractivity contribution in [3.05, 3.63) is 45.9 Å². The molecule has 1 unspecified atom stereocenters.